The van der Waals surface area contributed by atoms with Gasteiger partial charge in [-0.3, -0.25) is 5.32 Å². The molecule has 2 nitrogen and oxygen atoms in total. The number of hydrogen-bond acceptors (Lipinski definition) is 3. The topological polar surface area (TPSA) is 35.8 Å². The second-order valence-electron chi connectivity index (χ2n) is 4.97. The minimum absolute atomic E-state index is 0.283. The molecule has 0 radical (unpaired) electrons. The predicted octanol–water partition coefficient (Wildman–Crippen LogP) is 3.51. The first kappa shape index (κ1) is 13.5. The number of nitrogens with one attached hydrogen (secondary N) is 1. The SMILES string of the molecule is CCNC1(C#N)CCC(Sc2ccccc2C)C1. The number of nitrogens with zero attached hydrogens (tertiary/aromatic N) is 1. The molecule has 0 amide bonds. The summed E-state index contributed by atoms with van der Waals surface area (Å²) in [4.78, 5) is 1.35. The van der Waals surface area contributed by atoms with E-state index in [1.54, 1.807) is 0 Å². The summed E-state index contributed by atoms with van der Waals surface area (Å²) in [7, 11) is 0. The Morgan fingerprint density at radius 1 is 1.50 bits per heavy atom. The highest BCUT2D eigenvalue weighted by molar-refractivity contribution is 8.00. The molecule has 1 fully saturated rings. The quantitative estimate of drug-likeness (QED) is 0.900. The molecule has 2 unspecified atom stereocenters. The molecule has 1 aliphatic rings. The van der Waals surface area contributed by atoms with Gasteiger partial charge in [-0.25, -0.2) is 0 Å². The van der Waals surface area contributed by atoms with Gasteiger partial charge in [-0.15, -0.1) is 11.8 Å². The number of hydrogen-bond donors (Lipinski definition) is 1. The number of nitriles is 1. The fourth-order valence-corrected chi connectivity index (χ4v) is 3.98. The molecule has 1 saturated carbocycles. The average molecular weight is 260 g/mol. The van der Waals surface area contributed by atoms with Gasteiger partial charge in [0.25, 0.3) is 0 Å². The molecule has 0 bridgehead atoms. The van der Waals surface area contributed by atoms with Crippen molar-refractivity contribution in [3.05, 3.63) is 29.8 Å². The minimum Gasteiger partial charge on any atom is -0.300 e. The molecule has 96 valence electrons. The number of benzene rings is 1. The summed E-state index contributed by atoms with van der Waals surface area (Å²) < 4.78 is 0. The van der Waals surface area contributed by atoms with Crippen molar-refractivity contribution in [1.29, 1.82) is 5.26 Å². The second-order valence-corrected chi connectivity index (χ2v) is 6.31. The first-order chi connectivity index (χ1) is 8.69. The van der Waals surface area contributed by atoms with Crippen molar-refractivity contribution < 1.29 is 0 Å². The summed E-state index contributed by atoms with van der Waals surface area (Å²) in [6, 6.07) is 11.0. The van der Waals surface area contributed by atoms with E-state index in [0.717, 1.165) is 25.8 Å². The van der Waals surface area contributed by atoms with Gasteiger partial charge in [0, 0.05) is 10.1 Å². The summed E-state index contributed by atoms with van der Waals surface area (Å²) in [6.45, 7) is 5.09. The molecule has 1 N–H and O–H groups in total. The lowest BCUT2D eigenvalue weighted by molar-refractivity contribution is 0.436. The van der Waals surface area contributed by atoms with E-state index in [1.807, 2.05) is 11.8 Å². The number of aryl methyl sites for hydroxylation is 1. The summed E-state index contributed by atoms with van der Waals surface area (Å²) in [5, 5.41) is 13.3. The number of thioether (sulfide) groups is 1. The summed E-state index contributed by atoms with van der Waals surface area (Å²) >= 11 is 1.93. The Hall–Kier alpha value is -0.980. The van der Waals surface area contributed by atoms with Gasteiger partial charge in [-0.1, -0.05) is 25.1 Å². The smallest absolute Gasteiger partial charge is 0.107 e. The van der Waals surface area contributed by atoms with E-state index in [4.69, 9.17) is 0 Å². The summed E-state index contributed by atoms with van der Waals surface area (Å²) in [6.07, 6.45) is 3.05. The van der Waals surface area contributed by atoms with E-state index < -0.39 is 0 Å². The van der Waals surface area contributed by atoms with Crippen molar-refractivity contribution in [3.8, 4) is 6.07 Å². The van der Waals surface area contributed by atoms with Gasteiger partial charge in [0.1, 0.15) is 5.54 Å². The van der Waals surface area contributed by atoms with Crippen molar-refractivity contribution in [3.63, 3.8) is 0 Å². The van der Waals surface area contributed by atoms with Gasteiger partial charge < -0.3 is 0 Å². The van der Waals surface area contributed by atoms with Crippen molar-refractivity contribution in [1.82, 2.24) is 5.32 Å². The van der Waals surface area contributed by atoms with Gasteiger partial charge in [-0.05, 0) is 44.4 Å². The van der Waals surface area contributed by atoms with E-state index in [-0.39, 0.29) is 5.54 Å². The van der Waals surface area contributed by atoms with E-state index in [9.17, 15) is 5.26 Å². The fourth-order valence-electron chi connectivity index (χ4n) is 2.61. The minimum atomic E-state index is -0.283. The zero-order chi connectivity index (χ0) is 13.0. The second kappa shape index (κ2) is 5.77. The standard InChI is InChI=1S/C15H20N2S/c1-3-17-15(11-16)9-8-13(10-15)18-14-7-5-4-6-12(14)2/h4-7,13,17H,3,8-10H2,1-2H3. The van der Waals surface area contributed by atoms with Gasteiger partial charge in [0.2, 0.25) is 0 Å². The molecule has 1 aliphatic carbocycles. The predicted molar refractivity (Wildman–Crippen MR) is 76.7 cm³/mol. The van der Waals surface area contributed by atoms with Crippen LogP contribution in [0.15, 0.2) is 29.2 Å². The van der Waals surface area contributed by atoms with Crippen LogP contribution < -0.4 is 5.32 Å². The monoisotopic (exact) mass is 260 g/mol. The van der Waals surface area contributed by atoms with Crippen LogP contribution in [0.3, 0.4) is 0 Å². The van der Waals surface area contributed by atoms with Crippen LogP contribution in [0, 0.1) is 18.3 Å². The lowest BCUT2D eigenvalue weighted by Gasteiger charge is -2.21. The zero-order valence-corrected chi connectivity index (χ0v) is 11.9. The van der Waals surface area contributed by atoms with Crippen molar-refractivity contribution >= 4 is 11.8 Å². The van der Waals surface area contributed by atoms with E-state index in [2.05, 4.69) is 49.5 Å². The van der Waals surface area contributed by atoms with Gasteiger partial charge >= 0.3 is 0 Å². The first-order valence-electron chi connectivity index (χ1n) is 6.58. The molecule has 0 saturated heterocycles. The number of rotatable bonds is 4. The van der Waals surface area contributed by atoms with Crippen molar-refractivity contribution in [2.75, 3.05) is 6.54 Å². The zero-order valence-electron chi connectivity index (χ0n) is 11.1. The maximum absolute atomic E-state index is 9.36. The summed E-state index contributed by atoms with van der Waals surface area (Å²) in [5.74, 6) is 0. The molecular weight excluding hydrogens is 240 g/mol. The summed E-state index contributed by atoms with van der Waals surface area (Å²) in [5.41, 5.74) is 1.05. The average Bonchev–Trinajstić information content (AvgIpc) is 2.77. The van der Waals surface area contributed by atoms with Crippen LogP contribution >= 0.6 is 11.8 Å². The molecule has 0 heterocycles. The molecule has 2 atom stereocenters. The van der Waals surface area contributed by atoms with Crippen molar-refractivity contribution in [2.45, 2.75) is 48.8 Å². The maximum Gasteiger partial charge on any atom is 0.107 e. The molecule has 0 aromatic heterocycles. The first-order valence-corrected chi connectivity index (χ1v) is 7.45. The van der Waals surface area contributed by atoms with E-state index in [1.165, 1.54) is 10.5 Å². The highest BCUT2D eigenvalue weighted by Crippen LogP contribution is 2.40. The highest BCUT2D eigenvalue weighted by Gasteiger charge is 2.39. The normalized spacial score (nSPS) is 27.1. The molecular formula is C15H20N2S. The molecule has 3 heteroatoms. The van der Waals surface area contributed by atoms with Crippen LogP contribution in [0.2, 0.25) is 0 Å². The van der Waals surface area contributed by atoms with Crippen LogP contribution in [0.1, 0.15) is 31.7 Å². The van der Waals surface area contributed by atoms with Crippen LogP contribution in [-0.4, -0.2) is 17.3 Å². The molecule has 1 aromatic rings. The van der Waals surface area contributed by atoms with Gasteiger partial charge in [0.05, 0.1) is 6.07 Å². The Labute approximate surface area is 114 Å². The van der Waals surface area contributed by atoms with E-state index >= 15 is 0 Å². The molecule has 0 aliphatic heterocycles. The molecule has 2 rings (SSSR count). The molecule has 1 aromatic carbocycles. The largest absolute Gasteiger partial charge is 0.300 e. The Morgan fingerprint density at radius 2 is 2.28 bits per heavy atom. The van der Waals surface area contributed by atoms with Crippen LogP contribution in [-0.2, 0) is 0 Å². The van der Waals surface area contributed by atoms with Gasteiger partial charge in [0.15, 0.2) is 0 Å². The lowest BCUT2D eigenvalue weighted by atomic mass is 10.0. The lowest BCUT2D eigenvalue weighted by Crippen LogP contribution is -2.41. The fraction of sp³-hybridized carbons (Fsp3) is 0.533. The third kappa shape index (κ3) is 2.88. The van der Waals surface area contributed by atoms with Gasteiger partial charge in [-0.2, -0.15) is 5.26 Å². The third-order valence-corrected chi connectivity index (χ3v) is 5.03. The highest BCUT2D eigenvalue weighted by atomic mass is 32.2. The maximum atomic E-state index is 9.36. The molecule has 18 heavy (non-hydrogen) atoms. The van der Waals surface area contributed by atoms with Crippen LogP contribution in [0.4, 0.5) is 0 Å². The van der Waals surface area contributed by atoms with E-state index in [0.29, 0.717) is 5.25 Å². The van der Waals surface area contributed by atoms with Crippen LogP contribution in [0.5, 0.6) is 0 Å². The third-order valence-electron chi connectivity index (χ3n) is 3.59. The van der Waals surface area contributed by atoms with Crippen LogP contribution in [0.25, 0.3) is 0 Å². The molecule has 0 spiro atoms. The Balaban J connectivity index is 2.02. The Kier molecular flexibility index (Phi) is 4.31. The Bertz CT molecular complexity index is 452. The Morgan fingerprint density at radius 3 is 2.94 bits per heavy atom. The van der Waals surface area contributed by atoms with Crippen molar-refractivity contribution in [2.24, 2.45) is 0 Å².